The molecule has 2 rings (SSSR count). The molecule has 0 aliphatic carbocycles. The van der Waals surface area contributed by atoms with Crippen LogP contribution in [0.15, 0.2) is 18.2 Å². The van der Waals surface area contributed by atoms with Crippen LogP contribution in [-0.2, 0) is 0 Å². The first-order valence-electron chi connectivity index (χ1n) is 4.71. The molecule has 1 fully saturated rings. The molecule has 0 amide bonds. The maximum absolute atomic E-state index is 5.30. The van der Waals surface area contributed by atoms with E-state index in [1.807, 2.05) is 18.2 Å². The molecule has 69 valence electrons. The number of hydrogen-bond donors (Lipinski definition) is 0. The van der Waals surface area contributed by atoms with Crippen molar-refractivity contribution in [3.05, 3.63) is 24.3 Å². The van der Waals surface area contributed by atoms with Gasteiger partial charge in [-0.05, 0) is 31.0 Å². The average Bonchev–Trinajstić information content (AvgIpc) is 2.70. The standard InChI is InChI=1S/C11H14NO/c1-13-11-7-3-2-6-10(11)12-8-4-5-9-12/h3,6-7H,4-5,8-9H2,1H3. The number of ether oxygens (including phenoxy) is 1. The number of hydrogen-bond acceptors (Lipinski definition) is 2. The quantitative estimate of drug-likeness (QED) is 0.684. The molecule has 0 saturated carbocycles. The zero-order chi connectivity index (χ0) is 9.10. The van der Waals surface area contributed by atoms with Crippen LogP contribution in [0.25, 0.3) is 0 Å². The predicted octanol–water partition coefficient (Wildman–Crippen LogP) is 2.10. The molecule has 1 radical (unpaired) electrons. The molecule has 0 aromatic heterocycles. The molecule has 0 bridgehead atoms. The fourth-order valence-corrected chi connectivity index (χ4v) is 1.79. The normalized spacial score (nSPS) is 16.2. The van der Waals surface area contributed by atoms with E-state index in [0.717, 1.165) is 18.8 Å². The summed E-state index contributed by atoms with van der Waals surface area (Å²) < 4.78 is 5.30. The lowest BCUT2D eigenvalue weighted by Gasteiger charge is -2.19. The molecule has 1 aliphatic rings. The molecule has 2 heteroatoms. The molecular formula is C11H14NO. The van der Waals surface area contributed by atoms with Crippen molar-refractivity contribution >= 4 is 5.69 Å². The number of methoxy groups -OCH3 is 1. The zero-order valence-corrected chi connectivity index (χ0v) is 7.92. The van der Waals surface area contributed by atoms with E-state index in [-0.39, 0.29) is 0 Å². The van der Waals surface area contributed by atoms with Crippen LogP contribution in [0.2, 0.25) is 0 Å². The lowest BCUT2D eigenvalue weighted by Crippen LogP contribution is -2.18. The Hall–Kier alpha value is -1.18. The molecule has 1 aliphatic heterocycles. The number of anilines is 1. The minimum Gasteiger partial charge on any atom is -0.495 e. The molecule has 2 nitrogen and oxygen atoms in total. The Kier molecular flexibility index (Phi) is 2.39. The molecule has 0 unspecified atom stereocenters. The molecule has 0 N–H and O–H groups in total. The summed E-state index contributed by atoms with van der Waals surface area (Å²) in [6.45, 7) is 2.29. The van der Waals surface area contributed by atoms with Gasteiger partial charge in [0.05, 0.1) is 12.8 Å². The van der Waals surface area contributed by atoms with Crippen LogP contribution in [0.3, 0.4) is 0 Å². The van der Waals surface area contributed by atoms with Crippen molar-refractivity contribution in [2.75, 3.05) is 25.1 Å². The summed E-state index contributed by atoms with van der Waals surface area (Å²) in [5.41, 5.74) is 1.18. The van der Waals surface area contributed by atoms with E-state index in [1.54, 1.807) is 7.11 Å². The van der Waals surface area contributed by atoms with Gasteiger partial charge in [-0.25, -0.2) is 0 Å². The van der Waals surface area contributed by atoms with E-state index < -0.39 is 0 Å². The highest BCUT2D eigenvalue weighted by molar-refractivity contribution is 5.58. The van der Waals surface area contributed by atoms with E-state index in [2.05, 4.69) is 11.0 Å². The van der Waals surface area contributed by atoms with Crippen molar-refractivity contribution in [2.45, 2.75) is 12.8 Å². The van der Waals surface area contributed by atoms with Gasteiger partial charge in [0.2, 0.25) is 0 Å². The zero-order valence-electron chi connectivity index (χ0n) is 7.92. The van der Waals surface area contributed by atoms with Crippen molar-refractivity contribution in [3.63, 3.8) is 0 Å². The van der Waals surface area contributed by atoms with Crippen LogP contribution >= 0.6 is 0 Å². The van der Waals surface area contributed by atoms with Crippen LogP contribution in [-0.4, -0.2) is 20.2 Å². The third kappa shape index (κ3) is 1.62. The van der Waals surface area contributed by atoms with Crippen LogP contribution in [0.1, 0.15) is 12.8 Å². The molecule has 1 saturated heterocycles. The summed E-state index contributed by atoms with van der Waals surface area (Å²) in [6, 6.07) is 8.95. The molecule has 1 aromatic carbocycles. The molecule has 0 atom stereocenters. The fraction of sp³-hybridized carbons (Fsp3) is 0.455. The van der Waals surface area contributed by atoms with Crippen molar-refractivity contribution in [3.8, 4) is 5.75 Å². The minimum absolute atomic E-state index is 0.959. The number of nitrogens with zero attached hydrogens (tertiary/aromatic N) is 1. The average molecular weight is 176 g/mol. The van der Waals surface area contributed by atoms with Crippen LogP contribution in [0, 0.1) is 6.07 Å². The van der Waals surface area contributed by atoms with E-state index in [1.165, 1.54) is 18.5 Å². The van der Waals surface area contributed by atoms with Gasteiger partial charge in [-0.2, -0.15) is 0 Å². The van der Waals surface area contributed by atoms with E-state index >= 15 is 0 Å². The third-order valence-electron chi connectivity index (χ3n) is 2.47. The Balaban J connectivity index is 2.26. The SMILES string of the molecule is COc1cc[c]cc1N1CCCC1. The van der Waals surface area contributed by atoms with Gasteiger partial charge in [-0.3, -0.25) is 0 Å². The topological polar surface area (TPSA) is 12.5 Å². The highest BCUT2D eigenvalue weighted by Crippen LogP contribution is 2.29. The van der Waals surface area contributed by atoms with E-state index in [0.29, 0.717) is 0 Å². The summed E-state index contributed by atoms with van der Waals surface area (Å²) >= 11 is 0. The van der Waals surface area contributed by atoms with Crippen LogP contribution in [0.4, 0.5) is 5.69 Å². The lowest BCUT2D eigenvalue weighted by atomic mass is 10.2. The first-order chi connectivity index (χ1) is 6.42. The van der Waals surface area contributed by atoms with Gasteiger partial charge in [0.15, 0.2) is 0 Å². The lowest BCUT2D eigenvalue weighted by molar-refractivity contribution is 0.415. The highest BCUT2D eigenvalue weighted by atomic mass is 16.5. The summed E-state index contributed by atoms with van der Waals surface area (Å²) in [6.07, 6.45) is 2.58. The van der Waals surface area contributed by atoms with Gasteiger partial charge in [0.25, 0.3) is 0 Å². The monoisotopic (exact) mass is 176 g/mol. The number of benzene rings is 1. The van der Waals surface area contributed by atoms with Gasteiger partial charge >= 0.3 is 0 Å². The van der Waals surface area contributed by atoms with Crippen LogP contribution in [0.5, 0.6) is 5.75 Å². The van der Waals surface area contributed by atoms with Crippen molar-refractivity contribution < 1.29 is 4.74 Å². The maximum atomic E-state index is 5.30. The van der Waals surface area contributed by atoms with Crippen molar-refractivity contribution in [2.24, 2.45) is 0 Å². The summed E-state index contributed by atoms with van der Waals surface area (Å²) in [7, 11) is 1.72. The van der Waals surface area contributed by atoms with Gasteiger partial charge < -0.3 is 9.64 Å². The second-order valence-electron chi connectivity index (χ2n) is 3.29. The minimum atomic E-state index is 0.959. The van der Waals surface area contributed by atoms with Crippen LogP contribution < -0.4 is 9.64 Å². The maximum Gasteiger partial charge on any atom is 0.142 e. The van der Waals surface area contributed by atoms with Crippen molar-refractivity contribution in [1.82, 2.24) is 0 Å². The molecule has 13 heavy (non-hydrogen) atoms. The highest BCUT2D eigenvalue weighted by Gasteiger charge is 2.15. The molecule has 0 spiro atoms. The predicted molar refractivity (Wildman–Crippen MR) is 53.3 cm³/mol. The largest absolute Gasteiger partial charge is 0.495 e. The molecular weight excluding hydrogens is 162 g/mol. The summed E-state index contributed by atoms with van der Waals surface area (Å²) in [5, 5.41) is 0. The first kappa shape index (κ1) is 8.42. The second kappa shape index (κ2) is 3.69. The van der Waals surface area contributed by atoms with Gasteiger partial charge in [0.1, 0.15) is 5.75 Å². The Labute approximate surface area is 79.1 Å². The van der Waals surface area contributed by atoms with Crippen molar-refractivity contribution in [1.29, 1.82) is 0 Å². The Morgan fingerprint density at radius 2 is 2.15 bits per heavy atom. The van der Waals surface area contributed by atoms with E-state index in [9.17, 15) is 0 Å². The Morgan fingerprint density at radius 1 is 1.38 bits per heavy atom. The smallest absolute Gasteiger partial charge is 0.142 e. The van der Waals surface area contributed by atoms with Gasteiger partial charge in [-0.1, -0.05) is 6.07 Å². The Morgan fingerprint density at radius 3 is 2.85 bits per heavy atom. The van der Waals surface area contributed by atoms with E-state index in [4.69, 9.17) is 4.74 Å². The van der Waals surface area contributed by atoms with Gasteiger partial charge in [-0.15, -0.1) is 0 Å². The summed E-state index contributed by atoms with van der Waals surface area (Å²) in [4.78, 5) is 2.36. The number of rotatable bonds is 2. The van der Waals surface area contributed by atoms with Gasteiger partial charge in [0, 0.05) is 13.1 Å². The fourth-order valence-electron chi connectivity index (χ4n) is 1.79. The second-order valence-corrected chi connectivity index (χ2v) is 3.29. The molecule has 1 aromatic rings. The molecule has 1 heterocycles. The summed E-state index contributed by atoms with van der Waals surface area (Å²) in [5.74, 6) is 0.959. The third-order valence-corrected chi connectivity index (χ3v) is 2.47. The Bertz CT molecular complexity index is 279. The first-order valence-corrected chi connectivity index (χ1v) is 4.71.